The molecule has 23 heteroatoms. The molecule has 0 spiro atoms. The number of ether oxygens (including phenoxy) is 3. The Morgan fingerprint density at radius 3 is 2.39 bits per heavy atom. The Bertz CT molecular complexity index is 3870. The number of aliphatic hydroxyl groups excluding tert-OH is 1. The van der Waals surface area contributed by atoms with Crippen LogP contribution >= 0.6 is 11.3 Å². The SMILES string of the molecule is Cc1cnccc1-c1ccc([C@H](C)NC(=O)[C@@H]2C[C@@H](O)CN2C(=O)[C@H](C(C)C)n2cc(-c3ccc(COc4c(-c5ccc(F)c6sc(N)c(C#N)c56)c(C(F)(F)F)cc5c(N6CC7CCC(C6)N7)nc(OC6CCOCC6)nc45)cc3)nn2)cc1. The van der Waals surface area contributed by atoms with Crippen molar-refractivity contribution in [3.63, 3.8) is 0 Å². The summed E-state index contributed by atoms with van der Waals surface area (Å²) >= 11 is 0.769. The van der Waals surface area contributed by atoms with Crippen LogP contribution in [-0.2, 0) is 27.1 Å². The maximum Gasteiger partial charge on any atom is 0.417 e. The quantitative estimate of drug-likeness (QED) is 0.0700. The molecule has 5 N–H and O–H groups in total. The highest BCUT2D eigenvalue weighted by atomic mass is 32.1. The Morgan fingerprint density at radius 2 is 1.69 bits per heavy atom. The van der Waals surface area contributed by atoms with Crippen LogP contribution in [-0.4, -0.2) is 115 Å². The number of fused-ring (bicyclic) bond motifs is 4. The number of carbonyl (C=O) groups is 2. The molecule has 2 amide bonds. The molecule has 2 unspecified atom stereocenters. The lowest BCUT2D eigenvalue weighted by Crippen LogP contribution is -2.51. The summed E-state index contributed by atoms with van der Waals surface area (Å²) in [6.45, 7) is 9.07. The van der Waals surface area contributed by atoms with Crippen molar-refractivity contribution in [2.75, 3.05) is 43.5 Å². The number of nitrogens with two attached hydrogens (primary N) is 1. The van der Waals surface area contributed by atoms with E-state index >= 15 is 17.6 Å². The number of rotatable bonds is 15. The lowest BCUT2D eigenvalue weighted by molar-refractivity contribution is -0.142. The molecule has 440 valence electrons. The van der Waals surface area contributed by atoms with E-state index < -0.39 is 59.2 Å². The average molecular weight is 1180 g/mol. The summed E-state index contributed by atoms with van der Waals surface area (Å²) in [6.07, 6.45) is 1.81. The van der Waals surface area contributed by atoms with Gasteiger partial charge in [0.1, 0.15) is 58.7 Å². The fourth-order valence-corrected chi connectivity index (χ4v) is 13.3. The van der Waals surface area contributed by atoms with Crippen molar-refractivity contribution in [1.29, 1.82) is 5.26 Å². The number of amides is 2. The van der Waals surface area contributed by atoms with E-state index in [0.717, 1.165) is 58.6 Å². The molecule has 8 heterocycles. The Balaban J connectivity index is 0.846. The predicted molar refractivity (Wildman–Crippen MR) is 312 cm³/mol. The van der Waals surface area contributed by atoms with E-state index in [1.54, 1.807) is 42.9 Å². The second-order valence-electron chi connectivity index (χ2n) is 22.8. The zero-order valence-electron chi connectivity index (χ0n) is 47.1. The highest BCUT2D eigenvalue weighted by Crippen LogP contribution is 2.52. The molecule has 4 aromatic carbocycles. The van der Waals surface area contributed by atoms with Crippen LogP contribution in [0.3, 0.4) is 0 Å². The van der Waals surface area contributed by atoms with Crippen LogP contribution in [0.5, 0.6) is 11.8 Å². The van der Waals surface area contributed by atoms with Crippen LogP contribution in [0.1, 0.15) is 92.8 Å². The summed E-state index contributed by atoms with van der Waals surface area (Å²) in [6, 6.07) is 19.9. The Morgan fingerprint density at radius 1 is 0.965 bits per heavy atom. The Labute approximate surface area is 490 Å². The number of aliphatic hydroxyl groups is 1. The average Bonchev–Trinajstić information content (AvgIpc) is 1.88. The molecule has 4 aliphatic heterocycles. The van der Waals surface area contributed by atoms with Crippen molar-refractivity contribution < 1.29 is 46.5 Å². The molecule has 0 saturated carbocycles. The van der Waals surface area contributed by atoms with Gasteiger partial charge in [-0.3, -0.25) is 14.6 Å². The molecule has 18 nitrogen and oxygen atoms in total. The molecular weight excluding hydrogens is 1120 g/mol. The monoisotopic (exact) mass is 1180 g/mol. The van der Waals surface area contributed by atoms with Crippen molar-refractivity contribution in [3.8, 4) is 51.3 Å². The van der Waals surface area contributed by atoms with E-state index in [2.05, 4.69) is 25.9 Å². The minimum absolute atomic E-state index is 0.0194. The molecule has 6 atom stereocenters. The normalized spacial score (nSPS) is 19.8. The van der Waals surface area contributed by atoms with Crippen LogP contribution in [0.4, 0.5) is 28.4 Å². The number of nitrogen functional groups attached to an aromatic ring is 1. The third kappa shape index (κ3) is 11.3. The van der Waals surface area contributed by atoms with Gasteiger partial charge in [0.25, 0.3) is 0 Å². The van der Waals surface area contributed by atoms with Crippen molar-refractivity contribution in [1.82, 2.24) is 45.5 Å². The van der Waals surface area contributed by atoms with Gasteiger partial charge < -0.3 is 45.5 Å². The standard InChI is InChI=1S/C62H62F4N12O6S/c1-32(2)54(60(81)77-29-41(79)23-50(77)59(80)70-34(4)36-9-11-37(12-10-36)43-17-20-69-26-33(43)3)78-30-49(74-75-78)38-7-5-35(6-8-38)31-83-55-52(44-15-16-48(63)56-51(44)46(25-67)57(68)85-56)47(62(64,65)66)24-45-53(55)72-61(84-42-18-21-82-22-19-42)73-58(45)76-27-39-13-14-40(28-76)71-39/h5-12,15-17,20,24,26,30,32,34,39-42,50,54,71,79H,13-14,18-19,21-23,27-29,31,68H2,1-4H3,(H,70,80)/t34-,39?,40?,41+,50-,54-/m0/s1. The fourth-order valence-electron chi connectivity index (χ4n) is 12.3. The molecule has 4 fully saturated rings. The molecule has 4 saturated heterocycles. The van der Waals surface area contributed by atoms with Gasteiger partial charge >= 0.3 is 12.2 Å². The second kappa shape index (κ2) is 23.3. The van der Waals surface area contributed by atoms with E-state index in [0.29, 0.717) is 56.0 Å². The smallest absolute Gasteiger partial charge is 0.417 e. The van der Waals surface area contributed by atoms with Gasteiger partial charge in [0.2, 0.25) is 11.8 Å². The lowest BCUT2D eigenvalue weighted by Gasteiger charge is -2.35. The van der Waals surface area contributed by atoms with Crippen LogP contribution in [0, 0.1) is 30.0 Å². The molecule has 4 aliphatic rings. The van der Waals surface area contributed by atoms with Gasteiger partial charge in [-0.2, -0.15) is 28.4 Å². The maximum absolute atomic E-state index is 16.0. The van der Waals surface area contributed by atoms with E-state index in [4.69, 9.17) is 29.9 Å². The topological polar surface area (TPSA) is 232 Å². The van der Waals surface area contributed by atoms with Crippen molar-refractivity contribution in [3.05, 3.63) is 125 Å². The molecule has 0 radical (unpaired) electrons. The number of pyridine rings is 1. The molecule has 8 aromatic rings. The van der Waals surface area contributed by atoms with Crippen LogP contribution < -0.4 is 30.7 Å². The third-order valence-electron chi connectivity index (χ3n) is 16.6. The number of thiophene rings is 1. The predicted octanol–water partition coefficient (Wildman–Crippen LogP) is 9.87. The van der Waals surface area contributed by atoms with Crippen LogP contribution in [0.15, 0.2) is 91.4 Å². The Kier molecular flexibility index (Phi) is 15.7. The number of benzene rings is 4. The number of halogens is 4. The molecular formula is C62H62F4N12O6S. The first kappa shape index (κ1) is 57.1. The molecule has 4 aromatic heterocycles. The van der Waals surface area contributed by atoms with Crippen molar-refractivity contribution >= 4 is 55.0 Å². The molecule has 12 rings (SSSR count). The van der Waals surface area contributed by atoms with E-state index in [-0.39, 0.29) is 98.4 Å². The number of carbonyl (C=O) groups excluding carboxylic acids is 2. The van der Waals surface area contributed by atoms with E-state index in [1.807, 2.05) is 69.0 Å². The number of nitrogens with one attached hydrogen (secondary N) is 2. The number of hydrogen-bond acceptors (Lipinski definition) is 16. The molecule has 0 aliphatic carbocycles. The number of piperazine rings is 1. The number of anilines is 2. The maximum atomic E-state index is 16.0. The summed E-state index contributed by atoms with van der Waals surface area (Å²) < 4.78 is 83.8. The third-order valence-corrected chi connectivity index (χ3v) is 17.7. The first-order valence-electron chi connectivity index (χ1n) is 28.5. The summed E-state index contributed by atoms with van der Waals surface area (Å²) in [5, 5.41) is 36.7. The highest BCUT2D eigenvalue weighted by molar-refractivity contribution is 7.23. The summed E-state index contributed by atoms with van der Waals surface area (Å²) in [4.78, 5) is 45.9. The lowest BCUT2D eigenvalue weighted by atomic mass is 9.92. The number of hydrogen-bond donors (Lipinski definition) is 4. The summed E-state index contributed by atoms with van der Waals surface area (Å²) in [5.41, 5.74) is 9.90. The number of aromatic nitrogens is 6. The van der Waals surface area contributed by atoms with E-state index in [9.17, 15) is 20.0 Å². The summed E-state index contributed by atoms with van der Waals surface area (Å²) in [7, 11) is 0. The van der Waals surface area contributed by atoms with Gasteiger partial charge in [0.05, 0.1) is 47.4 Å². The number of aryl methyl sites for hydroxylation is 1. The molecule has 2 bridgehead atoms. The van der Waals surface area contributed by atoms with Crippen molar-refractivity contribution in [2.45, 2.75) is 115 Å². The number of β-amino-alcohol motifs (C(OH)–C–C–N with tert-alkyl or cyclic N) is 1. The second-order valence-corrected chi connectivity index (χ2v) is 23.8. The van der Waals surface area contributed by atoms with Crippen LogP contribution in [0.2, 0.25) is 0 Å². The highest BCUT2D eigenvalue weighted by Gasteiger charge is 2.44. The molecule has 85 heavy (non-hydrogen) atoms. The number of nitriles is 1. The van der Waals surface area contributed by atoms with Gasteiger partial charge in [-0.15, -0.1) is 16.4 Å². The van der Waals surface area contributed by atoms with Gasteiger partial charge in [-0.05, 0) is 84.2 Å². The number of likely N-dealkylation sites (tertiary alicyclic amines) is 1. The first-order valence-corrected chi connectivity index (χ1v) is 29.3. The summed E-state index contributed by atoms with van der Waals surface area (Å²) in [5.74, 6) is -1.93. The van der Waals surface area contributed by atoms with Crippen LogP contribution in [0.25, 0.3) is 54.5 Å². The minimum Gasteiger partial charge on any atom is -0.486 e. The van der Waals surface area contributed by atoms with Gasteiger partial charge in [-0.1, -0.05) is 73.7 Å². The first-order chi connectivity index (χ1) is 40.9. The van der Waals surface area contributed by atoms with Gasteiger partial charge in [0, 0.05) is 85.3 Å². The number of alkyl halides is 3. The van der Waals surface area contributed by atoms with Gasteiger partial charge in [0.15, 0.2) is 5.75 Å². The van der Waals surface area contributed by atoms with Gasteiger partial charge in [-0.25, -0.2) is 9.07 Å². The van der Waals surface area contributed by atoms with Crippen molar-refractivity contribution in [2.24, 2.45) is 5.92 Å². The zero-order chi connectivity index (χ0) is 59.4. The minimum atomic E-state index is -5.02. The number of nitrogens with zero attached hydrogens (tertiary/aromatic N) is 9. The fraction of sp³-hybridized carbons (Fsp3) is 0.387. The Hall–Kier alpha value is -8.30. The zero-order valence-corrected chi connectivity index (χ0v) is 47.9. The van der Waals surface area contributed by atoms with E-state index in [1.165, 1.54) is 15.6 Å². The largest absolute Gasteiger partial charge is 0.486 e.